The van der Waals surface area contributed by atoms with Gasteiger partial charge in [-0.1, -0.05) is 19.4 Å². The summed E-state index contributed by atoms with van der Waals surface area (Å²) in [6.45, 7) is 2.65. The molecule has 20 heavy (non-hydrogen) atoms. The Morgan fingerprint density at radius 2 is 2.05 bits per heavy atom. The van der Waals surface area contributed by atoms with Gasteiger partial charge in [-0.2, -0.15) is 0 Å². The molecular weight excluding hydrogens is 258 g/mol. The van der Waals surface area contributed by atoms with Gasteiger partial charge in [-0.05, 0) is 18.6 Å². The van der Waals surface area contributed by atoms with Gasteiger partial charge in [0.25, 0.3) is 0 Å². The average Bonchev–Trinajstić information content (AvgIpc) is 2.42. The number of nitrogens with two attached hydrogens (primary N) is 2. The molecule has 1 aromatic carbocycles. The molecule has 0 atom stereocenters. The van der Waals surface area contributed by atoms with Gasteiger partial charge in [0.1, 0.15) is 0 Å². The minimum atomic E-state index is -0.488. The van der Waals surface area contributed by atoms with E-state index in [4.69, 9.17) is 16.2 Å². The minimum Gasteiger partial charge on any atom is -0.465 e. The third-order valence-corrected chi connectivity index (χ3v) is 2.92. The third-order valence-electron chi connectivity index (χ3n) is 2.92. The molecule has 0 spiro atoms. The zero-order valence-corrected chi connectivity index (χ0v) is 11.9. The normalized spacial score (nSPS) is 10.1. The molecule has 6 nitrogen and oxygen atoms in total. The number of para-hydroxylation sites is 1. The smallest absolute Gasteiger partial charge is 0.340 e. The number of nitrogen functional groups attached to an aromatic ring is 1. The third kappa shape index (κ3) is 3.88. The molecule has 0 aliphatic heterocycles. The summed E-state index contributed by atoms with van der Waals surface area (Å²) in [5.74, 6) is -0.960. The lowest BCUT2D eigenvalue weighted by molar-refractivity contribution is -0.116. The van der Waals surface area contributed by atoms with E-state index >= 15 is 0 Å². The Morgan fingerprint density at radius 3 is 2.60 bits per heavy atom. The second kappa shape index (κ2) is 7.37. The molecule has 0 radical (unpaired) electrons. The van der Waals surface area contributed by atoms with Crippen molar-refractivity contribution in [3.63, 3.8) is 0 Å². The number of hydrogen-bond donors (Lipinski definition) is 2. The molecule has 4 N–H and O–H groups in total. The molecule has 0 heterocycles. The number of hydrogen-bond acceptors (Lipinski definition) is 5. The molecular formula is C14H21N3O3. The predicted molar refractivity (Wildman–Crippen MR) is 78.5 cm³/mol. The highest BCUT2D eigenvalue weighted by molar-refractivity contribution is 6.00. The van der Waals surface area contributed by atoms with E-state index in [-0.39, 0.29) is 6.54 Å². The number of carbonyl (C=O) groups is 2. The summed E-state index contributed by atoms with van der Waals surface area (Å²) in [4.78, 5) is 24.8. The Kier molecular flexibility index (Phi) is 5.83. The lowest BCUT2D eigenvalue weighted by Gasteiger charge is -2.26. The zero-order valence-electron chi connectivity index (χ0n) is 11.9. The maximum absolute atomic E-state index is 11.8. The number of ether oxygens (including phenoxy) is 1. The fourth-order valence-electron chi connectivity index (χ4n) is 2.00. The van der Waals surface area contributed by atoms with Gasteiger partial charge in [0.15, 0.2) is 0 Å². The summed E-state index contributed by atoms with van der Waals surface area (Å²) < 4.78 is 4.75. The van der Waals surface area contributed by atoms with Crippen molar-refractivity contribution in [3.05, 3.63) is 23.8 Å². The van der Waals surface area contributed by atoms with Crippen LogP contribution in [0.15, 0.2) is 18.2 Å². The summed E-state index contributed by atoms with van der Waals surface area (Å²) in [5.41, 5.74) is 12.5. The van der Waals surface area contributed by atoms with E-state index in [9.17, 15) is 9.59 Å². The monoisotopic (exact) mass is 279 g/mol. The molecule has 0 saturated carbocycles. The highest BCUT2D eigenvalue weighted by atomic mass is 16.5. The molecule has 0 bridgehead atoms. The highest BCUT2D eigenvalue weighted by Gasteiger charge is 2.20. The summed E-state index contributed by atoms with van der Waals surface area (Å²) in [6, 6.07) is 4.98. The van der Waals surface area contributed by atoms with E-state index in [0.29, 0.717) is 23.5 Å². The van der Waals surface area contributed by atoms with Gasteiger partial charge >= 0.3 is 5.97 Å². The van der Waals surface area contributed by atoms with Gasteiger partial charge in [0.05, 0.1) is 30.6 Å². The first-order valence-electron chi connectivity index (χ1n) is 6.51. The highest BCUT2D eigenvalue weighted by Crippen LogP contribution is 2.28. The van der Waals surface area contributed by atoms with E-state index in [1.807, 2.05) is 6.92 Å². The molecule has 1 amide bonds. The molecule has 0 unspecified atom stereocenters. The van der Waals surface area contributed by atoms with Crippen molar-refractivity contribution in [3.8, 4) is 0 Å². The number of methoxy groups -OCH3 is 1. The van der Waals surface area contributed by atoms with E-state index in [1.165, 1.54) is 7.11 Å². The summed E-state index contributed by atoms with van der Waals surface area (Å²) in [7, 11) is 1.31. The van der Waals surface area contributed by atoms with Crippen LogP contribution in [0.4, 0.5) is 11.4 Å². The number of anilines is 2. The molecule has 110 valence electrons. The van der Waals surface area contributed by atoms with Crippen molar-refractivity contribution in [2.75, 3.05) is 30.8 Å². The van der Waals surface area contributed by atoms with Crippen molar-refractivity contribution < 1.29 is 14.3 Å². The molecule has 0 aliphatic rings. The van der Waals surface area contributed by atoms with E-state index in [1.54, 1.807) is 23.1 Å². The molecule has 0 aliphatic carbocycles. The number of benzene rings is 1. The van der Waals surface area contributed by atoms with Gasteiger partial charge in [-0.25, -0.2) is 4.79 Å². The molecule has 6 heteroatoms. The van der Waals surface area contributed by atoms with E-state index in [2.05, 4.69) is 0 Å². The van der Waals surface area contributed by atoms with Crippen molar-refractivity contribution in [1.82, 2.24) is 0 Å². The Balaban J connectivity index is 3.22. The van der Waals surface area contributed by atoms with Crippen LogP contribution in [0.25, 0.3) is 0 Å². The summed E-state index contributed by atoms with van der Waals surface area (Å²) >= 11 is 0. The quantitative estimate of drug-likeness (QED) is 0.576. The average molecular weight is 279 g/mol. The number of nitrogens with zero attached hydrogens (tertiary/aromatic N) is 1. The maximum atomic E-state index is 11.8. The van der Waals surface area contributed by atoms with Gasteiger partial charge in [-0.3, -0.25) is 4.79 Å². The lowest BCUT2D eigenvalue weighted by atomic mass is 10.1. The van der Waals surface area contributed by atoms with Crippen molar-refractivity contribution in [2.45, 2.75) is 19.8 Å². The SMILES string of the molecule is CCCCN(CC(N)=O)c1c(N)cccc1C(=O)OC. The van der Waals surface area contributed by atoms with Crippen LogP contribution in [0.3, 0.4) is 0 Å². The van der Waals surface area contributed by atoms with E-state index in [0.717, 1.165) is 12.8 Å². The van der Waals surface area contributed by atoms with Crippen LogP contribution >= 0.6 is 0 Å². The van der Waals surface area contributed by atoms with Crippen LogP contribution in [0.5, 0.6) is 0 Å². The fourth-order valence-corrected chi connectivity index (χ4v) is 2.00. The molecule has 1 aromatic rings. The molecule has 0 fully saturated rings. The van der Waals surface area contributed by atoms with Gasteiger partial charge in [-0.15, -0.1) is 0 Å². The molecule has 1 rings (SSSR count). The maximum Gasteiger partial charge on any atom is 0.340 e. The van der Waals surface area contributed by atoms with Gasteiger partial charge in [0, 0.05) is 6.54 Å². The number of rotatable bonds is 7. The Labute approximate surface area is 118 Å². The Morgan fingerprint density at radius 1 is 1.35 bits per heavy atom. The van der Waals surface area contributed by atoms with Gasteiger partial charge in [0.2, 0.25) is 5.91 Å². The number of primary amides is 1. The van der Waals surface area contributed by atoms with Crippen molar-refractivity contribution >= 4 is 23.3 Å². The fraction of sp³-hybridized carbons (Fsp3) is 0.429. The first-order valence-corrected chi connectivity index (χ1v) is 6.51. The van der Waals surface area contributed by atoms with Crippen LogP contribution in [0.1, 0.15) is 30.1 Å². The number of esters is 1. The zero-order chi connectivity index (χ0) is 15.1. The second-order valence-corrected chi connectivity index (χ2v) is 4.48. The second-order valence-electron chi connectivity index (χ2n) is 4.48. The van der Waals surface area contributed by atoms with Crippen LogP contribution in [0, 0.1) is 0 Å². The predicted octanol–water partition coefficient (Wildman–Crippen LogP) is 1.15. The lowest BCUT2D eigenvalue weighted by Crippen LogP contribution is -2.36. The topological polar surface area (TPSA) is 98.6 Å². The number of unbranched alkanes of at least 4 members (excludes halogenated alkanes) is 1. The summed E-state index contributed by atoms with van der Waals surface area (Å²) in [5, 5.41) is 0. The van der Waals surface area contributed by atoms with Crippen LogP contribution in [-0.4, -0.2) is 32.1 Å². The first-order chi connectivity index (χ1) is 9.51. The van der Waals surface area contributed by atoms with Crippen LogP contribution in [0.2, 0.25) is 0 Å². The number of carbonyl (C=O) groups excluding carboxylic acids is 2. The summed E-state index contributed by atoms with van der Waals surface area (Å²) in [6.07, 6.45) is 1.82. The number of amides is 1. The van der Waals surface area contributed by atoms with Crippen molar-refractivity contribution in [2.24, 2.45) is 5.73 Å². The van der Waals surface area contributed by atoms with E-state index < -0.39 is 11.9 Å². The largest absolute Gasteiger partial charge is 0.465 e. The molecule has 0 aromatic heterocycles. The Hall–Kier alpha value is -2.24. The standard InChI is InChI=1S/C14H21N3O3/c1-3-4-8-17(9-12(16)18)13-10(14(19)20-2)6-5-7-11(13)15/h5-7H,3-4,8-9,15H2,1-2H3,(H2,16,18). The van der Waals surface area contributed by atoms with Crippen LogP contribution < -0.4 is 16.4 Å². The van der Waals surface area contributed by atoms with Gasteiger partial charge < -0.3 is 21.1 Å². The van der Waals surface area contributed by atoms with Crippen molar-refractivity contribution in [1.29, 1.82) is 0 Å². The Bertz CT molecular complexity index is 489. The first kappa shape index (κ1) is 15.8. The van der Waals surface area contributed by atoms with Crippen LogP contribution in [-0.2, 0) is 9.53 Å². The minimum absolute atomic E-state index is 0.0121. The molecule has 0 saturated heterocycles.